The Balaban J connectivity index is 1.03. The molecule has 0 aliphatic heterocycles. The fraction of sp³-hybridized carbons (Fsp3) is 0.606. The number of halogens is 1. The number of ether oxygens (including phenoxy) is 7. The molecule has 2 aromatic carbocycles. The Morgan fingerprint density at radius 3 is 1.53 bits per heavy atom. The molecule has 43 heavy (non-hydrogen) atoms. The first-order valence-corrected chi connectivity index (χ1v) is 16.9. The summed E-state index contributed by atoms with van der Waals surface area (Å²) in [4.78, 5) is 12.2. The average molecular weight is 714 g/mol. The van der Waals surface area contributed by atoms with Crippen LogP contribution in [0.1, 0.15) is 42.7 Å². The van der Waals surface area contributed by atoms with Gasteiger partial charge in [0.1, 0.15) is 6.61 Å². The number of hydrogen-bond donors (Lipinski definition) is 1. The fourth-order valence-electron chi connectivity index (χ4n) is 4.73. The van der Waals surface area contributed by atoms with E-state index in [1.807, 2.05) is 24.3 Å². The van der Waals surface area contributed by atoms with Crippen LogP contribution in [-0.2, 0) is 33.2 Å². The Hall–Kier alpha value is -1.80. The normalized spacial score (nSPS) is 12.3. The minimum absolute atomic E-state index is 0.0487. The molecule has 0 spiro atoms. The molecule has 0 saturated heterocycles. The van der Waals surface area contributed by atoms with Crippen molar-refractivity contribution in [1.29, 1.82) is 0 Å². The van der Waals surface area contributed by atoms with Crippen molar-refractivity contribution in [2.24, 2.45) is 0 Å². The molecule has 1 amide bonds. The van der Waals surface area contributed by atoms with Gasteiger partial charge in [0.05, 0.1) is 72.7 Å². The van der Waals surface area contributed by atoms with Crippen molar-refractivity contribution in [3.05, 3.63) is 59.7 Å². The van der Waals surface area contributed by atoms with Crippen LogP contribution in [0.3, 0.4) is 0 Å². The summed E-state index contributed by atoms with van der Waals surface area (Å²) in [6, 6.07) is 16.6. The molecule has 3 rings (SSSR count). The van der Waals surface area contributed by atoms with E-state index in [2.05, 4.69) is 52.2 Å². The number of unbranched alkanes of at least 4 members (excludes halogenated alkanes) is 3. The molecule has 1 aliphatic rings. The zero-order valence-corrected chi connectivity index (χ0v) is 27.4. The summed E-state index contributed by atoms with van der Waals surface area (Å²) in [6.45, 7) is 7.15. The van der Waals surface area contributed by atoms with E-state index < -0.39 is 6.09 Å². The predicted octanol–water partition coefficient (Wildman–Crippen LogP) is 5.62. The molecule has 0 fully saturated rings. The second kappa shape index (κ2) is 23.6. The molecule has 0 radical (unpaired) electrons. The molecule has 0 heterocycles. The molecule has 0 atom stereocenters. The van der Waals surface area contributed by atoms with Gasteiger partial charge in [0, 0.05) is 19.1 Å². The molecular weight excluding hydrogens is 665 g/mol. The van der Waals surface area contributed by atoms with E-state index in [9.17, 15) is 4.79 Å². The summed E-state index contributed by atoms with van der Waals surface area (Å²) in [5, 5.41) is 2.75. The van der Waals surface area contributed by atoms with E-state index in [0.717, 1.165) is 13.0 Å². The highest BCUT2D eigenvalue weighted by molar-refractivity contribution is 14.1. The third-order valence-electron chi connectivity index (χ3n) is 6.89. The minimum Gasteiger partial charge on any atom is -0.449 e. The number of hydrogen-bond acceptors (Lipinski definition) is 8. The molecule has 0 saturated carbocycles. The van der Waals surface area contributed by atoms with Crippen molar-refractivity contribution < 1.29 is 38.0 Å². The van der Waals surface area contributed by atoms with Gasteiger partial charge in [-0.1, -0.05) is 84.0 Å². The first kappa shape index (κ1) is 35.7. The maximum atomic E-state index is 12.2. The van der Waals surface area contributed by atoms with E-state index in [0.29, 0.717) is 85.8 Å². The molecule has 10 heteroatoms. The Morgan fingerprint density at radius 1 is 0.581 bits per heavy atom. The molecule has 1 N–H and O–H groups in total. The molecule has 240 valence electrons. The third kappa shape index (κ3) is 14.7. The highest BCUT2D eigenvalue weighted by Crippen LogP contribution is 2.44. The molecule has 9 nitrogen and oxygen atoms in total. The SMILES string of the molecule is O=C(NCCOCCOCCOCCOCCOCCOCCCCCCI)OCC1c2ccccc2-c2ccccc21. The topological polar surface area (TPSA) is 93.7 Å². The number of nitrogens with one attached hydrogen (secondary N) is 1. The molecule has 1 aliphatic carbocycles. The summed E-state index contributed by atoms with van der Waals surface area (Å²) >= 11 is 2.42. The number of carbonyl (C=O) groups excluding carboxylic acids is 1. The molecule has 0 unspecified atom stereocenters. The first-order valence-electron chi connectivity index (χ1n) is 15.4. The van der Waals surface area contributed by atoms with E-state index in [1.54, 1.807) is 0 Å². The van der Waals surface area contributed by atoms with Crippen LogP contribution in [0, 0.1) is 0 Å². The van der Waals surface area contributed by atoms with Gasteiger partial charge in [-0.3, -0.25) is 0 Å². The summed E-state index contributed by atoms with van der Waals surface area (Å²) in [7, 11) is 0. The Labute approximate surface area is 270 Å². The number of benzene rings is 2. The first-order chi connectivity index (χ1) is 21.3. The van der Waals surface area contributed by atoms with Crippen molar-refractivity contribution in [3.63, 3.8) is 0 Å². The lowest BCUT2D eigenvalue weighted by atomic mass is 9.98. The maximum absolute atomic E-state index is 12.2. The van der Waals surface area contributed by atoms with E-state index in [1.165, 1.54) is 45.9 Å². The van der Waals surface area contributed by atoms with Gasteiger partial charge in [-0.05, 0) is 39.5 Å². The maximum Gasteiger partial charge on any atom is 0.407 e. The van der Waals surface area contributed by atoms with Crippen molar-refractivity contribution in [1.82, 2.24) is 5.32 Å². The Morgan fingerprint density at radius 2 is 1.02 bits per heavy atom. The van der Waals surface area contributed by atoms with Gasteiger partial charge in [0.25, 0.3) is 0 Å². The van der Waals surface area contributed by atoms with E-state index in [-0.39, 0.29) is 5.92 Å². The number of rotatable bonds is 26. The quantitative estimate of drug-likeness (QED) is 0.0764. The number of carbonyl (C=O) groups is 1. The summed E-state index contributed by atoms with van der Waals surface area (Å²) < 4.78 is 39.8. The monoisotopic (exact) mass is 713 g/mol. The summed E-state index contributed by atoms with van der Waals surface area (Å²) in [6.07, 6.45) is 4.52. The molecule has 2 aromatic rings. The predicted molar refractivity (Wildman–Crippen MR) is 175 cm³/mol. The van der Waals surface area contributed by atoms with Crippen LogP contribution in [-0.4, -0.2) is 103 Å². The third-order valence-corrected chi connectivity index (χ3v) is 7.65. The van der Waals surface area contributed by atoms with Gasteiger partial charge in [-0.15, -0.1) is 0 Å². The Bertz CT molecular complexity index is 965. The van der Waals surface area contributed by atoms with Crippen LogP contribution in [0.2, 0.25) is 0 Å². The molecule has 0 aromatic heterocycles. The van der Waals surface area contributed by atoms with Crippen molar-refractivity contribution >= 4 is 28.7 Å². The average Bonchev–Trinajstić information content (AvgIpc) is 3.35. The number of alkyl carbamates (subject to hydrolysis) is 1. The van der Waals surface area contributed by atoms with Crippen LogP contribution in [0.4, 0.5) is 4.79 Å². The van der Waals surface area contributed by atoms with Gasteiger partial charge < -0.3 is 38.5 Å². The largest absolute Gasteiger partial charge is 0.449 e. The molecular formula is C33H48INO8. The van der Waals surface area contributed by atoms with Gasteiger partial charge in [0.2, 0.25) is 0 Å². The van der Waals surface area contributed by atoms with Crippen molar-refractivity contribution in [2.75, 3.05) is 96.9 Å². The lowest BCUT2D eigenvalue weighted by Gasteiger charge is -2.14. The smallest absolute Gasteiger partial charge is 0.407 e. The number of fused-ring (bicyclic) bond motifs is 3. The van der Waals surface area contributed by atoms with Gasteiger partial charge in [-0.2, -0.15) is 0 Å². The van der Waals surface area contributed by atoms with Crippen LogP contribution in [0.5, 0.6) is 0 Å². The minimum atomic E-state index is -0.441. The van der Waals surface area contributed by atoms with Gasteiger partial charge >= 0.3 is 6.09 Å². The van der Waals surface area contributed by atoms with Crippen LogP contribution in [0.15, 0.2) is 48.5 Å². The lowest BCUT2D eigenvalue weighted by molar-refractivity contribution is -0.0167. The Kier molecular flexibility index (Phi) is 19.6. The molecule has 0 bridgehead atoms. The van der Waals surface area contributed by atoms with Crippen LogP contribution in [0.25, 0.3) is 11.1 Å². The van der Waals surface area contributed by atoms with Crippen molar-refractivity contribution in [2.45, 2.75) is 31.6 Å². The number of alkyl halides is 1. The highest BCUT2D eigenvalue weighted by atomic mass is 127. The summed E-state index contributed by atoms with van der Waals surface area (Å²) in [5.41, 5.74) is 4.81. The van der Waals surface area contributed by atoms with E-state index in [4.69, 9.17) is 33.2 Å². The lowest BCUT2D eigenvalue weighted by Crippen LogP contribution is -2.29. The highest BCUT2D eigenvalue weighted by Gasteiger charge is 2.28. The zero-order chi connectivity index (χ0) is 30.2. The van der Waals surface area contributed by atoms with Crippen LogP contribution < -0.4 is 5.32 Å². The van der Waals surface area contributed by atoms with Gasteiger partial charge in [-0.25, -0.2) is 4.79 Å². The zero-order valence-electron chi connectivity index (χ0n) is 25.3. The van der Waals surface area contributed by atoms with Crippen LogP contribution >= 0.6 is 22.6 Å². The second-order valence-electron chi connectivity index (χ2n) is 10.0. The van der Waals surface area contributed by atoms with Gasteiger partial charge in [0.15, 0.2) is 0 Å². The van der Waals surface area contributed by atoms with E-state index >= 15 is 0 Å². The second-order valence-corrected chi connectivity index (χ2v) is 11.1. The number of amides is 1. The summed E-state index contributed by atoms with van der Waals surface area (Å²) in [5.74, 6) is 0.0487. The fourth-order valence-corrected chi connectivity index (χ4v) is 5.27. The standard InChI is InChI=1S/C33H48INO8/c34-13-7-1-2-8-15-37-17-19-39-21-23-41-25-26-42-24-22-40-20-18-38-16-14-35-33(36)43-27-32-30-11-5-3-9-28(30)29-10-4-6-12-31(29)32/h3-6,9-12,32H,1-2,7-8,13-27H2,(H,35,36). The van der Waals surface area contributed by atoms with Crippen molar-refractivity contribution in [3.8, 4) is 11.1 Å².